The zero-order chi connectivity index (χ0) is 15.7. The molecule has 6 heteroatoms. The van der Waals surface area contributed by atoms with Gasteiger partial charge in [0.25, 0.3) is 0 Å². The van der Waals surface area contributed by atoms with Crippen molar-refractivity contribution in [1.82, 2.24) is 0 Å². The van der Waals surface area contributed by atoms with Crippen LogP contribution in [0.25, 0.3) is 10.4 Å². The molecule has 1 atom stereocenters. The third-order valence-corrected chi connectivity index (χ3v) is 3.19. The number of aryl methyl sites for hydroxylation is 1. The lowest BCUT2D eigenvalue weighted by atomic mass is 9.97. The molecule has 114 valence electrons. The fourth-order valence-electron chi connectivity index (χ4n) is 2.16. The van der Waals surface area contributed by atoms with Crippen molar-refractivity contribution in [3.8, 4) is 5.75 Å². The van der Waals surface area contributed by atoms with E-state index in [4.69, 9.17) is 15.0 Å². The summed E-state index contributed by atoms with van der Waals surface area (Å²) in [4.78, 5) is 14.2. The highest BCUT2D eigenvalue weighted by Crippen LogP contribution is 2.29. The quantitative estimate of drug-likeness (QED) is 0.313. The number of nitrogens with zero attached hydrogens (tertiary/aromatic N) is 3. The molecule has 6 nitrogen and oxygen atoms in total. The van der Waals surface area contributed by atoms with E-state index in [9.17, 15) is 4.79 Å². The number of azide groups is 1. The predicted octanol–water partition coefficient (Wildman–Crippen LogP) is 4.09. The zero-order valence-electron chi connectivity index (χ0n) is 12.7. The number of hydrogen-bond acceptors (Lipinski definition) is 4. The Morgan fingerprint density at radius 3 is 2.81 bits per heavy atom. The molecule has 1 rings (SSSR count). The van der Waals surface area contributed by atoms with Crippen molar-refractivity contribution in [2.24, 2.45) is 5.11 Å². The summed E-state index contributed by atoms with van der Waals surface area (Å²) in [6.07, 6.45) is 1.56. The molecular weight excluding hydrogens is 270 g/mol. The maximum Gasteiger partial charge on any atom is 0.305 e. The summed E-state index contributed by atoms with van der Waals surface area (Å²) in [6.45, 7) is 4.11. The van der Waals surface area contributed by atoms with Crippen LogP contribution in [0.15, 0.2) is 23.3 Å². The molecule has 21 heavy (non-hydrogen) atoms. The van der Waals surface area contributed by atoms with Crippen LogP contribution in [0.3, 0.4) is 0 Å². The van der Waals surface area contributed by atoms with Crippen LogP contribution in [0.2, 0.25) is 0 Å². The van der Waals surface area contributed by atoms with Crippen LogP contribution < -0.4 is 4.74 Å². The fourth-order valence-corrected chi connectivity index (χ4v) is 2.16. The van der Waals surface area contributed by atoms with Crippen molar-refractivity contribution in [3.05, 3.63) is 39.8 Å². The molecule has 1 unspecified atom stereocenters. The summed E-state index contributed by atoms with van der Waals surface area (Å²) < 4.78 is 10.0. The Balaban J connectivity index is 2.73. The zero-order valence-corrected chi connectivity index (χ0v) is 12.7. The van der Waals surface area contributed by atoms with E-state index >= 15 is 0 Å². The molecule has 0 amide bonds. The van der Waals surface area contributed by atoms with Gasteiger partial charge in [-0.15, -0.1) is 0 Å². The van der Waals surface area contributed by atoms with Gasteiger partial charge in [0.15, 0.2) is 0 Å². The highest BCUT2D eigenvalue weighted by atomic mass is 16.5. The van der Waals surface area contributed by atoms with Crippen molar-refractivity contribution in [2.45, 2.75) is 39.2 Å². The van der Waals surface area contributed by atoms with Crippen molar-refractivity contribution >= 4 is 5.97 Å². The molecule has 0 bridgehead atoms. The summed E-state index contributed by atoms with van der Waals surface area (Å²) in [7, 11) is 1.61. The summed E-state index contributed by atoms with van der Waals surface area (Å²) in [5.41, 5.74) is 10.7. The summed E-state index contributed by atoms with van der Waals surface area (Å²) in [6, 6.07) is 5.36. The molecule has 0 heterocycles. The normalized spacial score (nSPS) is 11.4. The molecule has 0 aliphatic rings. The highest BCUT2D eigenvalue weighted by Gasteiger charge is 2.14. The first kappa shape index (κ1) is 16.9. The van der Waals surface area contributed by atoms with Gasteiger partial charge in [0.05, 0.1) is 19.8 Å². The Kier molecular flexibility index (Phi) is 7.12. The van der Waals surface area contributed by atoms with Gasteiger partial charge in [-0.3, -0.25) is 4.79 Å². The van der Waals surface area contributed by atoms with E-state index in [1.54, 1.807) is 14.0 Å². The van der Waals surface area contributed by atoms with Crippen LogP contribution >= 0.6 is 0 Å². The minimum Gasteiger partial charge on any atom is -0.497 e. The van der Waals surface area contributed by atoms with Crippen LogP contribution in [-0.4, -0.2) is 19.7 Å². The van der Waals surface area contributed by atoms with Crippen molar-refractivity contribution in [2.75, 3.05) is 13.7 Å². The van der Waals surface area contributed by atoms with Gasteiger partial charge in [0, 0.05) is 11.3 Å². The van der Waals surface area contributed by atoms with E-state index < -0.39 is 0 Å². The number of carbonyl (C=O) groups excluding carboxylic acids is 1. The SMILES string of the molecule is CCOC(=O)CCCC(N=[N+]=[N-])c1ccc(OC)cc1C. The van der Waals surface area contributed by atoms with E-state index in [2.05, 4.69) is 10.0 Å². The molecule has 0 radical (unpaired) electrons. The number of rotatable bonds is 8. The molecule has 0 N–H and O–H groups in total. The maximum absolute atomic E-state index is 11.3. The average Bonchev–Trinajstić information content (AvgIpc) is 2.46. The van der Waals surface area contributed by atoms with Gasteiger partial charge in [-0.1, -0.05) is 11.2 Å². The molecule has 0 aromatic heterocycles. The first-order valence-electron chi connectivity index (χ1n) is 6.96. The monoisotopic (exact) mass is 291 g/mol. The Bertz CT molecular complexity index is 525. The van der Waals surface area contributed by atoms with E-state index in [0.717, 1.165) is 16.9 Å². The number of methoxy groups -OCH3 is 1. The molecule has 0 spiro atoms. The largest absolute Gasteiger partial charge is 0.497 e. The number of ether oxygens (including phenoxy) is 2. The van der Waals surface area contributed by atoms with Crippen molar-refractivity contribution < 1.29 is 14.3 Å². The number of carbonyl (C=O) groups is 1. The van der Waals surface area contributed by atoms with Crippen LogP contribution in [0.4, 0.5) is 0 Å². The first-order valence-corrected chi connectivity index (χ1v) is 6.96. The summed E-state index contributed by atoms with van der Waals surface area (Å²) in [5.74, 6) is 0.547. The van der Waals surface area contributed by atoms with Gasteiger partial charge in [-0.05, 0) is 55.5 Å². The van der Waals surface area contributed by atoms with Crippen molar-refractivity contribution in [3.63, 3.8) is 0 Å². The van der Waals surface area contributed by atoms with Gasteiger partial charge < -0.3 is 9.47 Å². The highest BCUT2D eigenvalue weighted by molar-refractivity contribution is 5.69. The predicted molar refractivity (Wildman–Crippen MR) is 80.1 cm³/mol. The second-order valence-corrected chi connectivity index (χ2v) is 4.64. The maximum atomic E-state index is 11.3. The van der Waals surface area contributed by atoms with E-state index in [0.29, 0.717) is 25.9 Å². The number of esters is 1. The van der Waals surface area contributed by atoms with Crippen LogP contribution in [-0.2, 0) is 9.53 Å². The number of benzene rings is 1. The Morgan fingerprint density at radius 2 is 2.24 bits per heavy atom. The smallest absolute Gasteiger partial charge is 0.305 e. The minimum absolute atomic E-state index is 0.219. The molecule has 1 aromatic rings. The standard InChI is InChI=1S/C15H21N3O3/c1-4-21-15(19)7-5-6-14(17-18-16)13-9-8-12(20-3)10-11(13)2/h8-10,14H,4-7H2,1-3H3. The van der Waals surface area contributed by atoms with E-state index in [1.807, 2.05) is 25.1 Å². The molecule has 0 fully saturated rings. The van der Waals surface area contributed by atoms with Gasteiger partial charge in [0.1, 0.15) is 5.75 Å². The van der Waals surface area contributed by atoms with E-state index in [-0.39, 0.29) is 12.0 Å². The fraction of sp³-hybridized carbons (Fsp3) is 0.533. The summed E-state index contributed by atoms with van der Waals surface area (Å²) >= 11 is 0. The Morgan fingerprint density at radius 1 is 1.48 bits per heavy atom. The first-order chi connectivity index (χ1) is 10.1. The van der Waals surface area contributed by atoms with Crippen molar-refractivity contribution in [1.29, 1.82) is 0 Å². The topological polar surface area (TPSA) is 84.3 Å². The van der Waals surface area contributed by atoms with Crippen LogP contribution in [0, 0.1) is 6.92 Å². The lowest BCUT2D eigenvalue weighted by Crippen LogP contribution is -2.05. The third kappa shape index (κ3) is 5.36. The van der Waals surface area contributed by atoms with Gasteiger partial charge in [0.2, 0.25) is 0 Å². The minimum atomic E-state index is -0.282. The second kappa shape index (κ2) is 8.87. The van der Waals surface area contributed by atoms with E-state index in [1.165, 1.54) is 0 Å². The molecule has 0 aliphatic heterocycles. The Labute approximate surface area is 124 Å². The van der Waals surface area contributed by atoms with Gasteiger partial charge >= 0.3 is 5.97 Å². The Hall–Kier alpha value is -2.20. The molecular formula is C15H21N3O3. The van der Waals surface area contributed by atoms with Crippen LogP contribution in [0.1, 0.15) is 43.4 Å². The molecule has 0 aliphatic carbocycles. The molecule has 0 saturated carbocycles. The van der Waals surface area contributed by atoms with Gasteiger partial charge in [-0.25, -0.2) is 0 Å². The molecule has 0 saturated heterocycles. The second-order valence-electron chi connectivity index (χ2n) is 4.64. The number of hydrogen-bond donors (Lipinski definition) is 0. The molecule has 1 aromatic carbocycles. The average molecular weight is 291 g/mol. The third-order valence-electron chi connectivity index (χ3n) is 3.19. The van der Waals surface area contributed by atoms with Crippen LogP contribution in [0.5, 0.6) is 5.75 Å². The summed E-state index contributed by atoms with van der Waals surface area (Å²) in [5, 5.41) is 3.84. The lowest BCUT2D eigenvalue weighted by molar-refractivity contribution is -0.143. The lowest BCUT2D eigenvalue weighted by Gasteiger charge is -2.15. The van der Waals surface area contributed by atoms with Gasteiger partial charge in [-0.2, -0.15) is 0 Å².